The maximum absolute atomic E-state index is 13.5. The number of carbonyl (C=O) groups excluding carboxylic acids is 2. The molecule has 9 heteroatoms. The maximum atomic E-state index is 13.5. The van der Waals surface area contributed by atoms with Crippen molar-refractivity contribution < 1.29 is 22.7 Å². The van der Waals surface area contributed by atoms with Crippen LogP contribution in [0.25, 0.3) is 0 Å². The van der Waals surface area contributed by atoms with Crippen LogP contribution in [0.1, 0.15) is 45.6 Å². The largest absolute Gasteiger partial charge is 0.460 e. The molecule has 0 bridgehead atoms. The zero-order valence-corrected chi connectivity index (χ0v) is 20.9. The lowest BCUT2D eigenvalue weighted by atomic mass is 9.80. The van der Waals surface area contributed by atoms with Crippen LogP contribution in [0.4, 0.5) is 10.5 Å². The second kappa shape index (κ2) is 10.5. The SMILES string of the molecule is CC(C)(C)OC(=O)CCC1=CC=CC(NS(=O)(=O)c2cccc(NC(N)=O)c2)(c2ccccc2)C1. The van der Waals surface area contributed by atoms with E-state index in [1.807, 2.05) is 63.3 Å². The Morgan fingerprint density at radius 3 is 2.46 bits per heavy atom. The Kier molecular flexibility index (Phi) is 7.82. The molecule has 0 heterocycles. The van der Waals surface area contributed by atoms with Crippen molar-refractivity contribution in [2.75, 3.05) is 5.32 Å². The number of nitrogens with one attached hydrogen (secondary N) is 2. The van der Waals surface area contributed by atoms with E-state index in [0.717, 1.165) is 11.1 Å². The first-order chi connectivity index (χ1) is 16.4. The summed E-state index contributed by atoms with van der Waals surface area (Å²) in [6, 6.07) is 14.3. The molecule has 0 aromatic heterocycles. The van der Waals surface area contributed by atoms with Crippen molar-refractivity contribution in [3.63, 3.8) is 0 Å². The number of rotatable bonds is 8. The van der Waals surface area contributed by atoms with Gasteiger partial charge in [0.15, 0.2) is 0 Å². The van der Waals surface area contributed by atoms with E-state index in [1.54, 1.807) is 12.1 Å². The number of carbonyl (C=O) groups is 2. The minimum absolute atomic E-state index is 0.0164. The highest BCUT2D eigenvalue weighted by Crippen LogP contribution is 2.36. The Balaban J connectivity index is 1.88. The minimum Gasteiger partial charge on any atom is -0.460 e. The van der Waals surface area contributed by atoms with Crippen LogP contribution in [0, 0.1) is 0 Å². The van der Waals surface area contributed by atoms with E-state index in [2.05, 4.69) is 10.0 Å². The fraction of sp³-hybridized carbons (Fsp3) is 0.308. The molecule has 2 amide bonds. The lowest BCUT2D eigenvalue weighted by molar-refractivity contribution is -0.154. The maximum Gasteiger partial charge on any atom is 0.316 e. The average molecular weight is 498 g/mol. The Morgan fingerprint density at radius 1 is 1.09 bits per heavy atom. The van der Waals surface area contributed by atoms with E-state index in [4.69, 9.17) is 10.5 Å². The molecular weight excluding hydrogens is 466 g/mol. The predicted octanol–water partition coefficient (Wildman–Crippen LogP) is 4.36. The number of hydrogen-bond acceptors (Lipinski definition) is 5. The van der Waals surface area contributed by atoms with Crippen molar-refractivity contribution >= 4 is 27.7 Å². The van der Waals surface area contributed by atoms with Gasteiger partial charge in [0.1, 0.15) is 5.60 Å². The van der Waals surface area contributed by atoms with Gasteiger partial charge in [-0.25, -0.2) is 13.2 Å². The van der Waals surface area contributed by atoms with Crippen molar-refractivity contribution in [2.24, 2.45) is 5.73 Å². The molecule has 186 valence electrons. The Bertz CT molecular complexity index is 1250. The molecule has 1 unspecified atom stereocenters. The van der Waals surface area contributed by atoms with Gasteiger partial charge in [-0.2, -0.15) is 4.72 Å². The monoisotopic (exact) mass is 497 g/mol. The van der Waals surface area contributed by atoms with Gasteiger partial charge in [0.05, 0.1) is 10.4 Å². The van der Waals surface area contributed by atoms with Crippen LogP contribution in [-0.2, 0) is 25.1 Å². The first-order valence-electron chi connectivity index (χ1n) is 11.2. The fourth-order valence-electron chi connectivity index (χ4n) is 3.90. The molecule has 3 rings (SSSR count). The normalized spacial score (nSPS) is 18.0. The first kappa shape index (κ1) is 26.2. The van der Waals surface area contributed by atoms with Gasteiger partial charge < -0.3 is 15.8 Å². The van der Waals surface area contributed by atoms with Gasteiger partial charge in [0.2, 0.25) is 10.0 Å². The number of hydrogen-bond donors (Lipinski definition) is 3. The van der Waals surface area contributed by atoms with Gasteiger partial charge in [-0.05, 0) is 57.4 Å². The minimum atomic E-state index is -4.02. The van der Waals surface area contributed by atoms with Crippen LogP contribution in [-0.4, -0.2) is 26.0 Å². The van der Waals surface area contributed by atoms with Crippen LogP contribution >= 0.6 is 0 Å². The summed E-state index contributed by atoms with van der Waals surface area (Å²) in [5.74, 6) is -0.308. The third kappa shape index (κ3) is 7.27. The zero-order valence-electron chi connectivity index (χ0n) is 20.1. The smallest absolute Gasteiger partial charge is 0.316 e. The van der Waals surface area contributed by atoms with E-state index in [9.17, 15) is 18.0 Å². The molecule has 8 nitrogen and oxygen atoms in total. The predicted molar refractivity (Wildman–Crippen MR) is 135 cm³/mol. The molecule has 0 radical (unpaired) electrons. The van der Waals surface area contributed by atoms with Gasteiger partial charge >= 0.3 is 12.0 Å². The third-order valence-corrected chi connectivity index (χ3v) is 6.81. The summed E-state index contributed by atoms with van der Waals surface area (Å²) in [6.07, 6.45) is 6.48. The summed E-state index contributed by atoms with van der Waals surface area (Å²) < 4.78 is 35.2. The highest BCUT2D eigenvalue weighted by atomic mass is 32.2. The summed E-state index contributed by atoms with van der Waals surface area (Å²) in [5, 5.41) is 2.39. The van der Waals surface area contributed by atoms with Gasteiger partial charge in [-0.15, -0.1) is 0 Å². The van der Waals surface area contributed by atoms with Crippen LogP contribution in [0.2, 0.25) is 0 Å². The van der Waals surface area contributed by atoms with Crippen molar-refractivity contribution in [3.05, 3.63) is 84.0 Å². The molecule has 4 N–H and O–H groups in total. The number of esters is 1. The number of anilines is 1. The topological polar surface area (TPSA) is 128 Å². The molecule has 0 fully saturated rings. The second-order valence-corrected chi connectivity index (χ2v) is 11.1. The number of nitrogens with two attached hydrogens (primary N) is 1. The van der Waals surface area contributed by atoms with E-state index in [1.165, 1.54) is 18.2 Å². The first-order valence-corrected chi connectivity index (χ1v) is 12.7. The lowest BCUT2D eigenvalue weighted by Crippen LogP contribution is -2.45. The Hall–Kier alpha value is -3.43. The van der Waals surface area contributed by atoms with Crippen LogP contribution in [0.15, 0.2) is 83.3 Å². The summed E-state index contributed by atoms with van der Waals surface area (Å²) in [5.41, 5.74) is 5.47. The van der Waals surface area contributed by atoms with Crippen molar-refractivity contribution in [3.8, 4) is 0 Å². The van der Waals surface area contributed by atoms with Crippen LogP contribution < -0.4 is 15.8 Å². The number of benzene rings is 2. The molecule has 0 aliphatic heterocycles. The van der Waals surface area contributed by atoms with Gasteiger partial charge in [-0.1, -0.05) is 60.2 Å². The van der Waals surface area contributed by atoms with Crippen molar-refractivity contribution in [2.45, 2.75) is 56.1 Å². The molecule has 0 spiro atoms. The number of sulfonamides is 1. The number of urea groups is 1. The number of primary amides is 1. The summed E-state index contributed by atoms with van der Waals surface area (Å²) in [7, 11) is -4.02. The standard InChI is InChI=1S/C26H31N3O5S/c1-25(2,3)34-23(30)15-14-19-9-8-16-26(18-19,20-10-5-4-6-11-20)29-35(32,33)22-13-7-12-21(17-22)28-24(27)31/h4-13,16-17,29H,14-15,18H2,1-3H3,(H3,27,28,31). The number of allylic oxidation sites excluding steroid dienone is 2. The van der Waals surface area contributed by atoms with Gasteiger partial charge in [-0.3, -0.25) is 4.79 Å². The quantitative estimate of drug-likeness (QED) is 0.467. The molecular formula is C26H31N3O5S. The summed E-state index contributed by atoms with van der Waals surface area (Å²) in [6.45, 7) is 5.45. The zero-order chi connectivity index (χ0) is 25.7. The van der Waals surface area contributed by atoms with Crippen LogP contribution in [0.5, 0.6) is 0 Å². The lowest BCUT2D eigenvalue weighted by Gasteiger charge is -2.35. The molecule has 2 aromatic rings. The van der Waals surface area contributed by atoms with E-state index in [-0.39, 0.29) is 23.0 Å². The number of ether oxygens (including phenoxy) is 1. The Morgan fingerprint density at radius 2 is 1.80 bits per heavy atom. The van der Waals surface area contributed by atoms with E-state index in [0.29, 0.717) is 12.8 Å². The van der Waals surface area contributed by atoms with Gasteiger partial charge in [0.25, 0.3) is 0 Å². The van der Waals surface area contributed by atoms with E-state index < -0.39 is 27.2 Å². The molecule has 35 heavy (non-hydrogen) atoms. The molecule has 0 saturated heterocycles. The fourth-order valence-corrected chi connectivity index (χ4v) is 5.29. The second-order valence-electron chi connectivity index (χ2n) is 9.41. The molecule has 1 aliphatic rings. The molecule has 1 atom stereocenters. The van der Waals surface area contributed by atoms with E-state index >= 15 is 0 Å². The molecule has 1 aliphatic carbocycles. The van der Waals surface area contributed by atoms with Crippen molar-refractivity contribution in [1.29, 1.82) is 0 Å². The molecule has 2 aromatic carbocycles. The third-order valence-electron chi connectivity index (χ3n) is 5.31. The number of amides is 2. The Labute approximate surface area is 206 Å². The van der Waals surface area contributed by atoms with Gasteiger partial charge in [0, 0.05) is 12.1 Å². The average Bonchev–Trinajstić information content (AvgIpc) is 2.77. The summed E-state index contributed by atoms with van der Waals surface area (Å²) in [4.78, 5) is 23.4. The molecule has 0 saturated carbocycles. The summed E-state index contributed by atoms with van der Waals surface area (Å²) >= 11 is 0. The van der Waals surface area contributed by atoms with Crippen molar-refractivity contribution in [1.82, 2.24) is 4.72 Å². The van der Waals surface area contributed by atoms with Crippen LogP contribution in [0.3, 0.4) is 0 Å². The highest BCUT2D eigenvalue weighted by molar-refractivity contribution is 7.89. The highest BCUT2D eigenvalue weighted by Gasteiger charge is 2.37.